The van der Waals surface area contributed by atoms with Crippen molar-refractivity contribution >= 4 is 23.2 Å². The number of carbonyl (C=O) groups is 2. The monoisotopic (exact) mass is 344 g/mol. The van der Waals surface area contributed by atoms with Crippen molar-refractivity contribution < 1.29 is 19.6 Å². The number of anilines is 1. The summed E-state index contributed by atoms with van der Waals surface area (Å²) in [6.45, 7) is 0. The first-order valence-electron chi connectivity index (χ1n) is 7.92. The number of Topliss-reactive ketones (excluding diaryl/α,β-unsaturated/α-hetero) is 1. The van der Waals surface area contributed by atoms with E-state index in [1.54, 1.807) is 0 Å². The summed E-state index contributed by atoms with van der Waals surface area (Å²) in [7, 11) is 0. The maximum atomic E-state index is 12.3. The highest BCUT2D eigenvalue weighted by atomic mass is 16.6. The van der Waals surface area contributed by atoms with Gasteiger partial charge in [0.2, 0.25) is 0 Å². The van der Waals surface area contributed by atoms with Crippen LogP contribution in [0.4, 0.5) is 16.2 Å². The zero-order chi connectivity index (χ0) is 18.0. The van der Waals surface area contributed by atoms with Crippen molar-refractivity contribution in [2.75, 3.05) is 5.32 Å². The van der Waals surface area contributed by atoms with Crippen LogP contribution < -0.4 is 5.32 Å². The molecule has 0 aromatic heterocycles. The lowest BCUT2D eigenvalue weighted by molar-refractivity contribution is -0.384. The quantitative estimate of drug-likeness (QED) is 0.489. The van der Waals surface area contributed by atoms with Gasteiger partial charge in [-0.15, -0.1) is 5.11 Å². The van der Waals surface area contributed by atoms with Crippen LogP contribution in [0.25, 0.3) is 0 Å². The summed E-state index contributed by atoms with van der Waals surface area (Å²) < 4.78 is 0. The zero-order valence-electron chi connectivity index (χ0n) is 13.2. The zero-order valence-corrected chi connectivity index (χ0v) is 13.2. The number of nitro groups is 1. The molecule has 9 nitrogen and oxygen atoms in total. The number of aliphatic hydroxyl groups excluding tert-OH is 1. The molecule has 2 atom stereocenters. The van der Waals surface area contributed by atoms with Gasteiger partial charge in [-0.05, 0) is 25.0 Å². The summed E-state index contributed by atoms with van der Waals surface area (Å²) in [5.41, 5.74) is 0.0591. The fourth-order valence-corrected chi connectivity index (χ4v) is 3.26. The van der Waals surface area contributed by atoms with Crippen LogP contribution in [0.15, 0.2) is 46.0 Å². The summed E-state index contributed by atoms with van der Waals surface area (Å²) in [5.74, 6) is -0.830. The van der Waals surface area contributed by atoms with Gasteiger partial charge in [-0.25, -0.2) is 4.79 Å². The lowest BCUT2D eigenvalue weighted by Gasteiger charge is -2.23. The Labute approximate surface area is 142 Å². The molecule has 0 aliphatic heterocycles. The minimum atomic E-state index is -0.836. The molecule has 9 heteroatoms. The molecular weight excluding hydrogens is 328 g/mol. The van der Waals surface area contributed by atoms with E-state index in [0.717, 1.165) is 19.3 Å². The van der Waals surface area contributed by atoms with Crippen LogP contribution in [0.3, 0.4) is 0 Å². The standard InChI is InChI=1S/C16H16N4O5/c21-14-11-3-1-2-4-12(11)15(22)13(14)18-19-16(23)17-9-5-7-10(8-6-9)20(24)25/h5-8,11-12,21H,1-4H2,(H,17,23). The number of nitrogens with one attached hydrogen (secondary N) is 1. The molecule has 0 bridgehead atoms. The van der Waals surface area contributed by atoms with Gasteiger partial charge in [-0.3, -0.25) is 14.9 Å². The van der Waals surface area contributed by atoms with Crippen molar-refractivity contribution in [2.24, 2.45) is 22.1 Å². The maximum absolute atomic E-state index is 12.3. The Kier molecular flexibility index (Phi) is 4.55. The molecule has 2 amide bonds. The summed E-state index contributed by atoms with van der Waals surface area (Å²) in [6.07, 6.45) is 3.33. The number of fused-ring (bicyclic) bond motifs is 1. The second-order valence-corrected chi connectivity index (χ2v) is 6.03. The molecule has 1 fully saturated rings. The number of hydrogen-bond acceptors (Lipinski definition) is 6. The first-order valence-corrected chi connectivity index (χ1v) is 7.92. The molecule has 1 aromatic rings. The number of benzene rings is 1. The van der Waals surface area contributed by atoms with Crippen molar-refractivity contribution in [3.05, 3.63) is 45.8 Å². The highest BCUT2D eigenvalue weighted by Gasteiger charge is 2.43. The Hall–Kier alpha value is -3.10. The minimum Gasteiger partial charge on any atom is -0.510 e. The van der Waals surface area contributed by atoms with E-state index in [2.05, 4.69) is 15.5 Å². The second-order valence-electron chi connectivity index (χ2n) is 6.03. The van der Waals surface area contributed by atoms with E-state index in [1.165, 1.54) is 24.3 Å². The Morgan fingerprint density at radius 3 is 2.44 bits per heavy atom. The lowest BCUT2D eigenvalue weighted by atomic mass is 9.80. The van der Waals surface area contributed by atoms with Crippen LogP contribution in [-0.4, -0.2) is 21.8 Å². The van der Waals surface area contributed by atoms with Gasteiger partial charge >= 0.3 is 6.03 Å². The summed E-state index contributed by atoms with van der Waals surface area (Å²) in [6, 6.07) is 4.37. The molecule has 0 saturated heterocycles. The topological polar surface area (TPSA) is 134 Å². The number of ketones is 1. The molecule has 1 aromatic carbocycles. The number of allylic oxidation sites excluding steroid dienone is 2. The van der Waals surface area contributed by atoms with Gasteiger partial charge in [0.05, 0.1) is 4.92 Å². The van der Waals surface area contributed by atoms with Crippen molar-refractivity contribution in [3.8, 4) is 0 Å². The van der Waals surface area contributed by atoms with Crippen LogP contribution in [0, 0.1) is 22.0 Å². The van der Waals surface area contributed by atoms with E-state index >= 15 is 0 Å². The predicted molar refractivity (Wildman–Crippen MR) is 87.1 cm³/mol. The van der Waals surface area contributed by atoms with Crippen LogP contribution in [0.2, 0.25) is 0 Å². The number of amides is 2. The maximum Gasteiger partial charge on any atom is 0.364 e. The molecule has 130 valence electrons. The lowest BCUT2D eigenvalue weighted by Crippen LogP contribution is -2.21. The van der Waals surface area contributed by atoms with E-state index in [4.69, 9.17) is 0 Å². The summed E-state index contributed by atoms with van der Waals surface area (Å²) >= 11 is 0. The van der Waals surface area contributed by atoms with Crippen molar-refractivity contribution in [1.82, 2.24) is 0 Å². The number of nitrogens with zero attached hydrogens (tertiary/aromatic N) is 3. The normalized spacial score (nSPS) is 23.0. The average Bonchev–Trinajstić information content (AvgIpc) is 2.85. The number of hydrogen-bond donors (Lipinski definition) is 2. The van der Waals surface area contributed by atoms with Gasteiger partial charge in [-0.1, -0.05) is 18.0 Å². The molecule has 0 radical (unpaired) electrons. The fourth-order valence-electron chi connectivity index (χ4n) is 3.26. The number of urea groups is 1. The van der Waals surface area contributed by atoms with Gasteiger partial charge in [-0.2, -0.15) is 0 Å². The predicted octanol–water partition coefficient (Wildman–Crippen LogP) is 3.74. The third kappa shape index (κ3) is 3.39. The van der Waals surface area contributed by atoms with Crippen LogP contribution in [0.1, 0.15) is 25.7 Å². The Morgan fingerprint density at radius 1 is 1.20 bits per heavy atom. The van der Waals surface area contributed by atoms with Crippen molar-refractivity contribution in [3.63, 3.8) is 0 Å². The molecular formula is C16H16N4O5. The molecule has 3 rings (SSSR count). The van der Waals surface area contributed by atoms with E-state index in [1.807, 2.05) is 0 Å². The number of non-ortho nitro benzene ring substituents is 1. The molecule has 0 spiro atoms. The minimum absolute atomic E-state index is 0.0819. The average molecular weight is 344 g/mol. The highest BCUT2D eigenvalue weighted by molar-refractivity contribution is 6.00. The Morgan fingerprint density at radius 2 is 1.84 bits per heavy atom. The number of azo groups is 1. The molecule has 2 N–H and O–H groups in total. The fraction of sp³-hybridized carbons (Fsp3) is 0.375. The first kappa shape index (κ1) is 16.7. The number of carbonyl (C=O) groups excluding carboxylic acids is 2. The third-order valence-corrected chi connectivity index (χ3v) is 4.50. The summed E-state index contributed by atoms with van der Waals surface area (Å²) in [5, 5.41) is 30.2. The van der Waals surface area contributed by atoms with Crippen LogP contribution in [-0.2, 0) is 4.79 Å². The molecule has 2 aliphatic carbocycles. The smallest absolute Gasteiger partial charge is 0.364 e. The van der Waals surface area contributed by atoms with E-state index in [0.29, 0.717) is 12.1 Å². The van der Waals surface area contributed by atoms with Crippen LogP contribution in [0.5, 0.6) is 0 Å². The van der Waals surface area contributed by atoms with Crippen LogP contribution >= 0.6 is 0 Å². The highest BCUT2D eigenvalue weighted by Crippen LogP contribution is 2.42. The number of nitro benzene ring substituents is 1. The summed E-state index contributed by atoms with van der Waals surface area (Å²) in [4.78, 5) is 34.1. The largest absolute Gasteiger partial charge is 0.510 e. The molecule has 0 heterocycles. The van der Waals surface area contributed by atoms with Gasteiger partial charge in [0.1, 0.15) is 5.76 Å². The number of rotatable bonds is 3. The molecule has 2 aliphatic rings. The molecule has 25 heavy (non-hydrogen) atoms. The van der Waals surface area contributed by atoms with Gasteiger partial charge in [0, 0.05) is 29.7 Å². The second kappa shape index (κ2) is 6.80. The van der Waals surface area contributed by atoms with Crippen molar-refractivity contribution in [1.29, 1.82) is 0 Å². The van der Waals surface area contributed by atoms with E-state index < -0.39 is 11.0 Å². The molecule has 1 saturated carbocycles. The SMILES string of the molecule is O=C(N=NC1=C(O)C2CCCCC2C1=O)Nc1ccc([N+](=O)[O-])cc1. The van der Waals surface area contributed by atoms with E-state index in [9.17, 15) is 24.8 Å². The van der Waals surface area contributed by atoms with Crippen molar-refractivity contribution in [2.45, 2.75) is 25.7 Å². The Balaban J connectivity index is 1.67. The van der Waals surface area contributed by atoms with Gasteiger partial charge in [0.25, 0.3) is 5.69 Å². The Bertz CT molecular complexity index is 784. The first-order chi connectivity index (χ1) is 12.0. The third-order valence-electron chi connectivity index (χ3n) is 4.50. The van der Waals surface area contributed by atoms with Gasteiger partial charge in [0.15, 0.2) is 11.5 Å². The molecule has 2 unspecified atom stereocenters. The van der Waals surface area contributed by atoms with E-state index in [-0.39, 0.29) is 34.8 Å². The van der Waals surface area contributed by atoms with Gasteiger partial charge < -0.3 is 10.4 Å². The number of aliphatic hydroxyl groups is 1.